The van der Waals surface area contributed by atoms with Gasteiger partial charge in [0.2, 0.25) is 0 Å². The van der Waals surface area contributed by atoms with Crippen LogP contribution in [0.25, 0.3) is 11.0 Å². The van der Waals surface area contributed by atoms with E-state index in [1.54, 1.807) is 18.0 Å². The number of carbonyl (C=O) groups is 1. The van der Waals surface area contributed by atoms with Crippen LogP contribution >= 0.6 is 0 Å². The van der Waals surface area contributed by atoms with Gasteiger partial charge < -0.3 is 4.90 Å². The maximum atomic E-state index is 12.5. The standard InChI is InChI=1S/C15H18N4O3/c1-17-12-11(14(21)18(2)15(17)22)8-10(9-16-12)13(20)19-6-4-3-5-7-19/h8-9H,3-7H2,1-2H3. The van der Waals surface area contributed by atoms with Crippen molar-refractivity contribution in [2.75, 3.05) is 13.1 Å². The van der Waals surface area contributed by atoms with Gasteiger partial charge in [0.25, 0.3) is 11.5 Å². The molecule has 3 heterocycles. The van der Waals surface area contributed by atoms with E-state index in [1.807, 2.05) is 0 Å². The van der Waals surface area contributed by atoms with Gasteiger partial charge in [-0.2, -0.15) is 0 Å². The third-order valence-corrected chi connectivity index (χ3v) is 4.18. The molecule has 2 aromatic heterocycles. The van der Waals surface area contributed by atoms with Crippen LogP contribution < -0.4 is 11.2 Å². The molecule has 0 saturated carbocycles. The Kier molecular flexibility index (Phi) is 3.56. The monoisotopic (exact) mass is 302 g/mol. The topological polar surface area (TPSA) is 77.2 Å². The summed E-state index contributed by atoms with van der Waals surface area (Å²) >= 11 is 0. The quantitative estimate of drug-likeness (QED) is 0.757. The Morgan fingerprint density at radius 2 is 1.77 bits per heavy atom. The number of hydrogen-bond donors (Lipinski definition) is 0. The second-order valence-corrected chi connectivity index (χ2v) is 5.65. The molecule has 0 radical (unpaired) electrons. The fourth-order valence-corrected chi connectivity index (χ4v) is 2.86. The first-order valence-electron chi connectivity index (χ1n) is 7.36. The number of aromatic nitrogens is 3. The van der Waals surface area contributed by atoms with E-state index in [-0.39, 0.29) is 11.3 Å². The number of pyridine rings is 1. The minimum Gasteiger partial charge on any atom is -0.339 e. The van der Waals surface area contributed by atoms with Crippen molar-refractivity contribution < 1.29 is 4.79 Å². The summed E-state index contributed by atoms with van der Waals surface area (Å²) < 4.78 is 2.34. The van der Waals surface area contributed by atoms with Crippen LogP contribution in [-0.2, 0) is 14.1 Å². The fraction of sp³-hybridized carbons (Fsp3) is 0.467. The molecular formula is C15H18N4O3. The number of nitrogens with zero attached hydrogens (tertiary/aromatic N) is 4. The second kappa shape index (κ2) is 5.40. The Balaban J connectivity index is 2.12. The van der Waals surface area contributed by atoms with Crippen molar-refractivity contribution in [1.29, 1.82) is 0 Å². The Morgan fingerprint density at radius 3 is 2.45 bits per heavy atom. The van der Waals surface area contributed by atoms with Crippen LogP contribution in [-0.4, -0.2) is 38.0 Å². The van der Waals surface area contributed by atoms with E-state index < -0.39 is 11.2 Å². The number of rotatable bonds is 1. The lowest BCUT2D eigenvalue weighted by molar-refractivity contribution is 0.0724. The van der Waals surface area contributed by atoms with Crippen molar-refractivity contribution in [3.63, 3.8) is 0 Å². The summed E-state index contributed by atoms with van der Waals surface area (Å²) in [6.07, 6.45) is 4.59. The molecule has 22 heavy (non-hydrogen) atoms. The third-order valence-electron chi connectivity index (χ3n) is 4.18. The SMILES string of the molecule is Cn1c(=O)c2cc(C(=O)N3CCCCC3)cnc2n(C)c1=O. The summed E-state index contributed by atoms with van der Waals surface area (Å²) in [7, 11) is 2.98. The van der Waals surface area contributed by atoms with Crippen molar-refractivity contribution >= 4 is 16.9 Å². The first-order chi connectivity index (χ1) is 10.5. The Bertz CT molecular complexity index is 859. The van der Waals surface area contributed by atoms with Crippen molar-refractivity contribution in [1.82, 2.24) is 19.0 Å². The van der Waals surface area contributed by atoms with E-state index >= 15 is 0 Å². The van der Waals surface area contributed by atoms with Crippen molar-refractivity contribution in [3.05, 3.63) is 38.7 Å². The molecular weight excluding hydrogens is 284 g/mol. The molecule has 0 atom stereocenters. The van der Waals surface area contributed by atoms with Crippen molar-refractivity contribution in [2.45, 2.75) is 19.3 Å². The van der Waals surface area contributed by atoms with Gasteiger partial charge in [-0.1, -0.05) is 0 Å². The molecule has 0 aromatic carbocycles. The molecule has 2 aromatic rings. The molecule has 116 valence electrons. The van der Waals surface area contributed by atoms with Crippen LogP contribution in [0.15, 0.2) is 21.9 Å². The predicted octanol–water partition coefficient (Wildman–Crippen LogP) is 0.258. The van der Waals surface area contributed by atoms with Crippen LogP contribution in [0.3, 0.4) is 0 Å². The van der Waals surface area contributed by atoms with E-state index in [0.29, 0.717) is 11.2 Å². The molecule has 0 unspecified atom stereocenters. The Hall–Kier alpha value is -2.44. The lowest BCUT2D eigenvalue weighted by Crippen LogP contribution is -2.38. The zero-order chi connectivity index (χ0) is 15.9. The van der Waals surface area contributed by atoms with Gasteiger partial charge >= 0.3 is 5.69 Å². The summed E-state index contributed by atoms with van der Waals surface area (Å²) in [6, 6.07) is 1.54. The highest BCUT2D eigenvalue weighted by Gasteiger charge is 2.20. The van der Waals surface area contributed by atoms with Gasteiger partial charge in [0.1, 0.15) is 5.65 Å². The van der Waals surface area contributed by atoms with Crippen LogP contribution in [0.4, 0.5) is 0 Å². The first kappa shape index (κ1) is 14.5. The van der Waals surface area contributed by atoms with Gasteiger partial charge in [-0.15, -0.1) is 0 Å². The van der Waals surface area contributed by atoms with E-state index in [1.165, 1.54) is 17.8 Å². The molecule has 1 aliphatic heterocycles. The number of aryl methyl sites for hydroxylation is 1. The molecule has 1 fully saturated rings. The highest BCUT2D eigenvalue weighted by atomic mass is 16.2. The Morgan fingerprint density at radius 1 is 1.09 bits per heavy atom. The van der Waals surface area contributed by atoms with Gasteiger partial charge in [-0.3, -0.25) is 18.7 Å². The van der Waals surface area contributed by atoms with Gasteiger partial charge in [0.15, 0.2) is 0 Å². The number of carbonyl (C=O) groups excluding carboxylic acids is 1. The zero-order valence-electron chi connectivity index (χ0n) is 12.7. The summed E-state index contributed by atoms with van der Waals surface area (Å²) in [5, 5.41) is 0.285. The van der Waals surface area contributed by atoms with Crippen LogP contribution in [0.1, 0.15) is 29.6 Å². The molecule has 3 rings (SSSR count). The van der Waals surface area contributed by atoms with Crippen LogP contribution in [0, 0.1) is 0 Å². The molecule has 1 aliphatic rings. The minimum atomic E-state index is -0.432. The molecule has 0 bridgehead atoms. The number of piperidine rings is 1. The number of hydrogen-bond acceptors (Lipinski definition) is 4. The second-order valence-electron chi connectivity index (χ2n) is 5.65. The van der Waals surface area contributed by atoms with Gasteiger partial charge in [-0.05, 0) is 25.3 Å². The average Bonchev–Trinajstić information content (AvgIpc) is 2.57. The molecule has 0 N–H and O–H groups in total. The summed E-state index contributed by atoms with van der Waals surface area (Å²) in [5.74, 6) is -0.106. The first-order valence-corrected chi connectivity index (χ1v) is 7.36. The zero-order valence-corrected chi connectivity index (χ0v) is 12.7. The summed E-state index contributed by atoms with van der Waals surface area (Å²) in [5.41, 5.74) is -0.174. The minimum absolute atomic E-state index is 0.106. The molecule has 1 saturated heterocycles. The summed E-state index contributed by atoms with van der Waals surface area (Å²) in [6.45, 7) is 1.48. The van der Waals surface area contributed by atoms with Gasteiger partial charge in [-0.25, -0.2) is 9.78 Å². The lowest BCUT2D eigenvalue weighted by atomic mass is 10.1. The maximum absolute atomic E-state index is 12.5. The predicted molar refractivity (Wildman–Crippen MR) is 82.0 cm³/mol. The van der Waals surface area contributed by atoms with Gasteiger partial charge in [0.05, 0.1) is 10.9 Å². The molecule has 7 heteroatoms. The highest BCUT2D eigenvalue weighted by Crippen LogP contribution is 2.14. The molecule has 0 spiro atoms. The Labute approximate surface area is 126 Å². The third kappa shape index (κ3) is 2.22. The van der Waals surface area contributed by atoms with E-state index in [4.69, 9.17) is 0 Å². The number of amides is 1. The lowest BCUT2D eigenvalue weighted by Gasteiger charge is -2.26. The smallest absolute Gasteiger partial charge is 0.332 e. The van der Waals surface area contributed by atoms with E-state index in [9.17, 15) is 14.4 Å². The largest absolute Gasteiger partial charge is 0.339 e. The normalized spacial score (nSPS) is 15.3. The molecule has 7 nitrogen and oxygen atoms in total. The maximum Gasteiger partial charge on any atom is 0.332 e. The summed E-state index contributed by atoms with van der Waals surface area (Å²) in [4.78, 5) is 42.6. The number of likely N-dealkylation sites (tertiary alicyclic amines) is 1. The molecule has 0 aliphatic carbocycles. The van der Waals surface area contributed by atoms with E-state index in [2.05, 4.69) is 4.98 Å². The van der Waals surface area contributed by atoms with Crippen molar-refractivity contribution in [3.8, 4) is 0 Å². The van der Waals surface area contributed by atoms with Gasteiger partial charge in [0, 0.05) is 33.4 Å². The average molecular weight is 302 g/mol. The van der Waals surface area contributed by atoms with Crippen LogP contribution in [0.5, 0.6) is 0 Å². The van der Waals surface area contributed by atoms with Crippen molar-refractivity contribution in [2.24, 2.45) is 14.1 Å². The molecule has 1 amide bonds. The highest BCUT2D eigenvalue weighted by molar-refractivity contribution is 5.96. The fourth-order valence-electron chi connectivity index (χ4n) is 2.86. The van der Waals surface area contributed by atoms with Crippen LogP contribution in [0.2, 0.25) is 0 Å². The number of fused-ring (bicyclic) bond motifs is 1. The van der Waals surface area contributed by atoms with E-state index in [0.717, 1.165) is 36.9 Å².